The fourth-order valence-corrected chi connectivity index (χ4v) is 3.02. The van der Waals surface area contributed by atoms with Gasteiger partial charge in [0.15, 0.2) is 0 Å². The molecule has 0 aliphatic carbocycles. The van der Waals surface area contributed by atoms with Crippen molar-refractivity contribution in [3.8, 4) is 0 Å². The monoisotopic (exact) mass is 290 g/mol. The first-order valence-electron chi connectivity index (χ1n) is 6.19. The van der Waals surface area contributed by atoms with Gasteiger partial charge in [-0.1, -0.05) is 23.8 Å². The number of carboxylic acid groups (broad SMARTS) is 1. The number of aryl methyl sites for hydroxylation is 2. The Balaban J connectivity index is 2.23. The largest absolute Gasteiger partial charge is 0.478 e. The maximum atomic E-state index is 13.1. The first kappa shape index (κ1) is 14.6. The Kier molecular flexibility index (Phi) is 4.45. The number of hydrogen-bond acceptors (Lipinski definition) is 2. The molecule has 2 aromatic carbocycles. The van der Waals surface area contributed by atoms with E-state index in [0.717, 1.165) is 22.1 Å². The quantitative estimate of drug-likeness (QED) is 0.846. The minimum atomic E-state index is -1.10. The molecule has 0 aliphatic heterocycles. The molecule has 2 rings (SSSR count). The Hall–Kier alpha value is -1.81. The molecule has 2 nitrogen and oxygen atoms in total. The molecule has 0 unspecified atom stereocenters. The molecule has 0 atom stereocenters. The molecule has 0 spiro atoms. The van der Waals surface area contributed by atoms with Crippen LogP contribution in [-0.2, 0) is 5.75 Å². The van der Waals surface area contributed by atoms with Crippen molar-refractivity contribution in [2.45, 2.75) is 24.5 Å². The number of thioether (sulfide) groups is 1. The number of benzene rings is 2. The molecule has 20 heavy (non-hydrogen) atoms. The highest BCUT2D eigenvalue weighted by atomic mass is 32.2. The van der Waals surface area contributed by atoms with Gasteiger partial charge in [0.2, 0.25) is 0 Å². The van der Waals surface area contributed by atoms with Crippen LogP contribution in [0.4, 0.5) is 4.39 Å². The Morgan fingerprint density at radius 2 is 1.95 bits per heavy atom. The topological polar surface area (TPSA) is 37.3 Å². The predicted molar refractivity (Wildman–Crippen MR) is 78.8 cm³/mol. The fourth-order valence-electron chi connectivity index (χ4n) is 1.89. The molecule has 0 aromatic heterocycles. The smallest absolute Gasteiger partial charge is 0.336 e. The summed E-state index contributed by atoms with van der Waals surface area (Å²) in [5.74, 6) is -1.12. The van der Waals surface area contributed by atoms with Crippen LogP contribution in [0.2, 0.25) is 0 Å². The van der Waals surface area contributed by atoms with Gasteiger partial charge in [0.05, 0.1) is 5.56 Å². The lowest BCUT2D eigenvalue weighted by Gasteiger charge is -2.09. The molecule has 0 heterocycles. The third-order valence-corrected chi connectivity index (χ3v) is 4.24. The van der Waals surface area contributed by atoms with Gasteiger partial charge in [-0.05, 0) is 43.2 Å². The highest BCUT2D eigenvalue weighted by Gasteiger charge is 2.12. The van der Waals surface area contributed by atoms with Gasteiger partial charge < -0.3 is 5.11 Å². The minimum Gasteiger partial charge on any atom is -0.478 e. The van der Waals surface area contributed by atoms with Crippen molar-refractivity contribution >= 4 is 17.7 Å². The van der Waals surface area contributed by atoms with E-state index >= 15 is 0 Å². The Labute approximate surface area is 121 Å². The summed E-state index contributed by atoms with van der Waals surface area (Å²) >= 11 is 1.57. The molecule has 0 aliphatic rings. The predicted octanol–water partition coefficient (Wildman–Crippen LogP) is 4.43. The third-order valence-electron chi connectivity index (χ3n) is 3.03. The number of carbonyl (C=O) groups is 1. The lowest BCUT2D eigenvalue weighted by atomic mass is 10.1. The molecule has 0 saturated carbocycles. The Morgan fingerprint density at radius 3 is 2.65 bits per heavy atom. The number of carboxylic acids is 1. The summed E-state index contributed by atoms with van der Waals surface area (Å²) in [6.07, 6.45) is 0. The molecule has 0 saturated heterocycles. The molecular formula is C16H15FO2S. The van der Waals surface area contributed by atoms with Gasteiger partial charge in [0.25, 0.3) is 0 Å². The van der Waals surface area contributed by atoms with Crippen LogP contribution in [0.15, 0.2) is 41.3 Å². The number of hydrogen-bond donors (Lipinski definition) is 1. The van der Waals surface area contributed by atoms with E-state index in [4.69, 9.17) is 5.11 Å². The van der Waals surface area contributed by atoms with Crippen LogP contribution in [0, 0.1) is 19.7 Å². The van der Waals surface area contributed by atoms with E-state index < -0.39 is 11.8 Å². The zero-order chi connectivity index (χ0) is 14.7. The summed E-state index contributed by atoms with van der Waals surface area (Å²) in [7, 11) is 0. The molecule has 0 amide bonds. The van der Waals surface area contributed by atoms with Gasteiger partial charge in [-0.3, -0.25) is 0 Å². The lowest BCUT2D eigenvalue weighted by Crippen LogP contribution is -2.02. The van der Waals surface area contributed by atoms with Crippen molar-refractivity contribution < 1.29 is 14.3 Å². The van der Waals surface area contributed by atoms with Crippen molar-refractivity contribution in [2.24, 2.45) is 0 Å². The molecule has 1 N–H and O–H groups in total. The Bertz CT molecular complexity index is 653. The van der Waals surface area contributed by atoms with Gasteiger partial charge in [-0.25, -0.2) is 9.18 Å². The van der Waals surface area contributed by atoms with E-state index in [1.165, 1.54) is 12.1 Å². The zero-order valence-corrected chi connectivity index (χ0v) is 12.1. The first-order chi connectivity index (χ1) is 9.47. The molecule has 0 bridgehead atoms. The standard InChI is InChI=1S/C16H15FO2S/c1-10-3-4-11(2)15(7-10)20-9-12-5-6-13(17)8-14(12)16(18)19/h3-8H,9H2,1-2H3,(H,18,19). The summed E-state index contributed by atoms with van der Waals surface area (Å²) in [5, 5.41) is 9.11. The third kappa shape index (κ3) is 3.39. The van der Waals surface area contributed by atoms with Crippen LogP contribution in [0.25, 0.3) is 0 Å². The van der Waals surface area contributed by atoms with Crippen molar-refractivity contribution in [3.05, 3.63) is 64.5 Å². The van der Waals surface area contributed by atoms with E-state index in [0.29, 0.717) is 11.3 Å². The highest BCUT2D eigenvalue weighted by Crippen LogP contribution is 2.28. The van der Waals surface area contributed by atoms with Crippen molar-refractivity contribution in [3.63, 3.8) is 0 Å². The average molecular weight is 290 g/mol. The van der Waals surface area contributed by atoms with E-state index in [1.54, 1.807) is 11.8 Å². The van der Waals surface area contributed by atoms with Gasteiger partial charge in [0.1, 0.15) is 5.82 Å². The summed E-state index contributed by atoms with van der Waals surface area (Å²) in [5.41, 5.74) is 2.97. The second-order valence-electron chi connectivity index (χ2n) is 4.66. The molecule has 2 aromatic rings. The van der Waals surface area contributed by atoms with E-state index in [1.807, 2.05) is 26.0 Å². The van der Waals surface area contributed by atoms with Gasteiger partial charge in [-0.15, -0.1) is 11.8 Å². The molecule has 0 fully saturated rings. The van der Waals surface area contributed by atoms with Crippen molar-refractivity contribution in [2.75, 3.05) is 0 Å². The van der Waals surface area contributed by atoms with E-state index in [2.05, 4.69) is 6.07 Å². The molecule has 4 heteroatoms. The SMILES string of the molecule is Cc1ccc(C)c(SCc2ccc(F)cc2C(=O)O)c1. The first-order valence-corrected chi connectivity index (χ1v) is 7.17. The average Bonchev–Trinajstić information content (AvgIpc) is 2.40. The van der Waals surface area contributed by atoms with Gasteiger partial charge in [-0.2, -0.15) is 0 Å². The number of halogens is 1. The zero-order valence-electron chi connectivity index (χ0n) is 11.3. The maximum Gasteiger partial charge on any atom is 0.336 e. The van der Waals surface area contributed by atoms with E-state index in [-0.39, 0.29) is 5.56 Å². The summed E-state index contributed by atoms with van der Waals surface area (Å²) in [4.78, 5) is 12.2. The van der Waals surface area contributed by atoms with Crippen LogP contribution >= 0.6 is 11.8 Å². The fraction of sp³-hybridized carbons (Fsp3) is 0.188. The van der Waals surface area contributed by atoms with Gasteiger partial charge in [0, 0.05) is 10.6 Å². The van der Waals surface area contributed by atoms with E-state index in [9.17, 15) is 9.18 Å². The number of aromatic carboxylic acids is 1. The van der Waals surface area contributed by atoms with Crippen LogP contribution in [0.3, 0.4) is 0 Å². The summed E-state index contributed by atoms with van der Waals surface area (Å²) < 4.78 is 13.1. The minimum absolute atomic E-state index is 0.0304. The second kappa shape index (κ2) is 6.09. The summed E-state index contributed by atoms with van der Waals surface area (Å²) in [6.45, 7) is 4.04. The second-order valence-corrected chi connectivity index (χ2v) is 5.68. The molecular weight excluding hydrogens is 275 g/mol. The highest BCUT2D eigenvalue weighted by molar-refractivity contribution is 7.98. The molecule has 104 valence electrons. The lowest BCUT2D eigenvalue weighted by molar-refractivity contribution is 0.0695. The number of rotatable bonds is 4. The summed E-state index contributed by atoms with van der Waals surface area (Å²) in [6, 6.07) is 10.1. The van der Waals surface area contributed by atoms with Crippen molar-refractivity contribution in [1.29, 1.82) is 0 Å². The van der Waals surface area contributed by atoms with Gasteiger partial charge >= 0.3 is 5.97 Å². The normalized spacial score (nSPS) is 10.6. The van der Waals surface area contributed by atoms with Crippen LogP contribution in [-0.4, -0.2) is 11.1 Å². The van der Waals surface area contributed by atoms with Crippen LogP contribution in [0.1, 0.15) is 27.0 Å². The molecule has 0 radical (unpaired) electrons. The Morgan fingerprint density at radius 1 is 1.20 bits per heavy atom. The van der Waals surface area contributed by atoms with Crippen molar-refractivity contribution in [1.82, 2.24) is 0 Å². The van der Waals surface area contributed by atoms with Crippen LogP contribution < -0.4 is 0 Å². The maximum absolute atomic E-state index is 13.1. The van der Waals surface area contributed by atoms with Crippen LogP contribution in [0.5, 0.6) is 0 Å².